The van der Waals surface area contributed by atoms with Gasteiger partial charge in [0.05, 0.1) is 25.3 Å². The maximum absolute atomic E-state index is 12.8. The van der Waals surface area contributed by atoms with Crippen LogP contribution in [0.2, 0.25) is 0 Å². The van der Waals surface area contributed by atoms with Crippen LogP contribution >= 0.6 is 0 Å². The predicted octanol–water partition coefficient (Wildman–Crippen LogP) is 2.46. The molecule has 3 aromatic rings. The van der Waals surface area contributed by atoms with E-state index in [1.165, 1.54) is 0 Å². The van der Waals surface area contributed by atoms with Crippen molar-refractivity contribution in [1.29, 1.82) is 0 Å². The lowest BCUT2D eigenvalue weighted by Crippen LogP contribution is -2.39. The number of fused-ring (bicyclic) bond motifs is 1. The number of hydrogen-bond acceptors (Lipinski definition) is 4. The van der Waals surface area contributed by atoms with E-state index in [-0.39, 0.29) is 24.5 Å². The molecule has 0 aliphatic rings. The molecule has 168 valence electrons. The lowest BCUT2D eigenvalue weighted by Gasteiger charge is -2.16. The number of nitrogens with one attached hydrogen (secondary N) is 3. The number of aliphatic hydroxyl groups is 2. The highest BCUT2D eigenvalue weighted by molar-refractivity contribution is 5.94. The van der Waals surface area contributed by atoms with Crippen molar-refractivity contribution in [3.63, 3.8) is 0 Å². The summed E-state index contributed by atoms with van der Waals surface area (Å²) in [5.74, 6) is 6.02. The number of benzene rings is 2. The van der Waals surface area contributed by atoms with E-state index in [9.17, 15) is 15.0 Å². The van der Waals surface area contributed by atoms with Crippen LogP contribution in [0.4, 0.5) is 0 Å². The van der Waals surface area contributed by atoms with Crippen LogP contribution in [0.1, 0.15) is 35.3 Å². The van der Waals surface area contributed by atoms with Gasteiger partial charge < -0.3 is 25.8 Å². The van der Waals surface area contributed by atoms with Gasteiger partial charge in [-0.2, -0.15) is 0 Å². The standard InChI is InChI=1S/C26H31N3O3/c1-18(19(2)31)15-27-12-6-8-20-7-5-9-21(13-20)26(32)29-23(17-30)14-22-16-28-25-11-4-3-10-24(22)25/h3-5,7,9-11,13,16,18-19,23,27-28,30-31H,12,14-15,17H2,1-2H3,(H,29,32)/t18?,19-,23-/m1/s1. The number of carbonyl (C=O) groups excluding carboxylic acids is 1. The Morgan fingerprint density at radius 3 is 2.75 bits per heavy atom. The van der Waals surface area contributed by atoms with E-state index in [0.29, 0.717) is 25.1 Å². The Kier molecular flexibility index (Phi) is 8.46. The van der Waals surface area contributed by atoms with Gasteiger partial charge in [0.25, 0.3) is 5.91 Å². The largest absolute Gasteiger partial charge is 0.394 e. The van der Waals surface area contributed by atoms with Crippen LogP contribution in [0, 0.1) is 17.8 Å². The van der Waals surface area contributed by atoms with Gasteiger partial charge in [-0.15, -0.1) is 0 Å². The molecule has 0 bridgehead atoms. The first-order valence-corrected chi connectivity index (χ1v) is 10.9. The van der Waals surface area contributed by atoms with Gasteiger partial charge in [0, 0.05) is 34.8 Å². The SMILES string of the molecule is CC(CNCC#Cc1cccc(C(=O)N[C@@H](CO)Cc2c[nH]c3ccccc23)c1)[C@@H](C)O. The zero-order chi connectivity index (χ0) is 22.9. The lowest BCUT2D eigenvalue weighted by atomic mass is 10.0. The third kappa shape index (κ3) is 6.44. The van der Waals surface area contributed by atoms with Crippen molar-refractivity contribution in [2.75, 3.05) is 19.7 Å². The molecule has 3 rings (SSSR count). The van der Waals surface area contributed by atoms with E-state index >= 15 is 0 Å². The average Bonchev–Trinajstić information content (AvgIpc) is 3.21. The first-order valence-electron chi connectivity index (χ1n) is 10.9. The van der Waals surface area contributed by atoms with Gasteiger partial charge in [-0.1, -0.05) is 43.0 Å². The van der Waals surface area contributed by atoms with Gasteiger partial charge in [-0.25, -0.2) is 0 Å². The number of para-hydroxylation sites is 1. The summed E-state index contributed by atoms with van der Waals surface area (Å²) in [6.45, 7) is 4.79. The Hall–Kier alpha value is -3.11. The summed E-state index contributed by atoms with van der Waals surface area (Å²) in [4.78, 5) is 16.0. The molecule has 6 heteroatoms. The highest BCUT2D eigenvalue weighted by atomic mass is 16.3. The second-order valence-electron chi connectivity index (χ2n) is 8.15. The van der Waals surface area contributed by atoms with Crippen LogP contribution < -0.4 is 10.6 Å². The minimum atomic E-state index is -0.392. The second kappa shape index (κ2) is 11.5. The Morgan fingerprint density at radius 2 is 1.97 bits per heavy atom. The van der Waals surface area contributed by atoms with Crippen molar-refractivity contribution in [1.82, 2.24) is 15.6 Å². The van der Waals surface area contributed by atoms with Crippen molar-refractivity contribution < 1.29 is 15.0 Å². The maximum atomic E-state index is 12.8. The van der Waals surface area contributed by atoms with Gasteiger partial charge in [-0.05, 0) is 49.1 Å². The number of rotatable bonds is 9. The molecule has 0 spiro atoms. The number of aromatic nitrogens is 1. The maximum Gasteiger partial charge on any atom is 0.251 e. The van der Waals surface area contributed by atoms with Crippen molar-refractivity contribution in [2.24, 2.45) is 5.92 Å². The minimum Gasteiger partial charge on any atom is -0.394 e. The van der Waals surface area contributed by atoms with Crippen LogP contribution in [-0.2, 0) is 6.42 Å². The number of aliphatic hydroxyl groups excluding tert-OH is 2. The highest BCUT2D eigenvalue weighted by Gasteiger charge is 2.16. The lowest BCUT2D eigenvalue weighted by molar-refractivity contribution is 0.0916. The van der Waals surface area contributed by atoms with E-state index in [1.807, 2.05) is 43.5 Å². The topological polar surface area (TPSA) is 97.4 Å². The number of carbonyl (C=O) groups is 1. The summed E-state index contributed by atoms with van der Waals surface area (Å²) in [7, 11) is 0. The van der Waals surface area contributed by atoms with Crippen molar-refractivity contribution in [2.45, 2.75) is 32.4 Å². The number of aromatic amines is 1. The van der Waals surface area contributed by atoms with Crippen LogP contribution in [0.5, 0.6) is 0 Å². The molecule has 0 saturated carbocycles. The van der Waals surface area contributed by atoms with Crippen molar-refractivity contribution in [3.05, 3.63) is 71.4 Å². The first kappa shape index (κ1) is 23.6. The molecule has 1 unspecified atom stereocenters. The number of hydrogen-bond donors (Lipinski definition) is 5. The van der Waals surface area contributed by atoms with Crippen LogP contribution in [0.25, 0.3) is 10.9 Å². The molecule has 2 aromatic carbocycles. The molecule has 6 nitrogen and oxygen atoms in total. The Bertz CT molecular complexity index is 1090. The molecular weight excluding hydrogens is 402 g/mol. The molecule has 3 atom stereocenters. The summed E-state index contributed by atoms with van der Waals surface area (Å²) in [5.41, 5.74) is 3.34. The summed E-state index contributed by atoms with van der Waals surface area (Å²) in [5, 5.41) is 26.5. The fourth-order valence-electron chi connectivity index (χ4n) is 3.41. The molecule has 1 amide bonds. The third-order valence-corrected chi connectivity index (χ3v) is 5.56. The van der Waals surface area contributed by atoms with Gasteiger partial charge in [0.15, 0.2) is 0 Å². The zero-order valence-electron chi connectivity index (χ0n) is 18.6. The summed E-state index contributed by atoms with van der Waals surface area (Å²) < 4.78 is 0. The second-order valence-corrected chi connectivity index (χ2v) is 8.15. The van der Waals surface area contributed by atoms with Crippen LogP contribution in [0.3, 0.4) is 0 Å². The quantitative estimate of drug-likeness (QED) is 0.265. The summed E-state index contributed by atoms with van der Waals surface area (Å²) >= 11 is 0. The van der Waals surface area contributed by atoms with E-state index in [2.05, 4.69) is 27.5 Å². The molecule has 5 N–H and O–H groups in total. The summed E-state index contributed by atoms with van der Waals surface area (Å²) in [6, 6.07) is 14.7. The zero-order valence-corrected chi connectivity index (χ0v) is 18.6. The molecule has 1 aromatic heterocycles. The smallest absolute Gasteiger partial charge is 0.251 e. The first-order chi connectivity index (χ1) is 15.5. The molecule has 0 aliphatic carbocycles. The predicted molar refractivity (Wildman–Crippen MR) is 127 cm³/mol. The highest BCUT2D eigenvalue weighted by Crippen LogP contribution is 2.19. The number of H-pyrrole nitrogens is 1. The fourth-order valence-corrected chi connectivity index (χ4v) is 3.41. The molecule has 0 saturated heterocycles. The minimum absolute atomic E-state index is 0.151. The van der Waals surface area contributed by atoms with Crippen molar-refractivity contribution in [3.8, 4) is 11.8 Å². The molecule has 1 heterocycles. The van der Waals surface area contributed by atoms with E-state index < -0.39 is 6.04 Å². The van der Waals surface area contributed by atoms with E-state index in [4.69, 9.17) is 0 Å². The molecule has 0 fully saturated rings. The van der Waals surface area contributed by atoms with E-state index in [1.54, 1.807) is 25.1 Å². The van der Waals surface area contributed by atoms with Gasteiger partial charge in [0.2, 0.25) is 0 Å². The average molecular weight is 434 g/mol. The molecule has 0 aliphatic heterocycles. The van der Waals surface area contributed by atoms with Gasteiger partial charge in [0.1, 0.15) is 0 Å². The fraction of sp³-hybridized carbons (Fsp3) is 0.346. The Morgan fingerprint density at radius 1 is 1.16 bits per heavy atom. The monoisotopic (exact) mass is 433 g/mol. The van der Waals surface area contributed by atoms with Crippen molar-refractivity contribution >= 4 is 16.8 Å². The molecular formula is C26H31N3O3. The Labute approximate surface area is 189 Å². The third-order valence-electron chi connectivity index (χ3n) is 5.56. The molecule has 32 heavy (non-hydrogen) atoms. The van der Waals surface area contributed by atoms with E-state index in [0.717, 1.165) is 22.0 Å². The van der Waals surface area contributed by atoms with Gasteiger partial charge in [-0.3, -0.25) is 4.79 Å². The van der Waals surface area contributed by atoms with Gasteiger partial charge >= 0.3 is 0 Å². The normalized spacial score (nSPS) is 13.8. The summed E-state index contributed by atoms with van der Waals surface area (Å²) in [6.07, 6.45) is 2.10. The Balaban J connectivity index is 1.58. The molecule has 0 radical (unpaired) electrons. The van der Waals surface area contributed by atoms with Crippen LogP contribution in [-0.4, -0.2) is 52.9 Å². The van der Waals surface area contributed by atoms with Crippen LogP contribution in [0.15, 0.2) is 54.7 Å². The number of amides is 1.